The Hall–Kier alpha value is -3.07. The molecule has 1 amide bonds. The zero-order valence-corrected chi connectivity index (χ0v) is 17.7. The molecule has 3 atom stereocenters. The van der Waals surface area contributed by atoms with Crippen molar-refractivity contribution in [3.8, 4) is 0 Å². The van der Waals surface area contributed by atoms with Gasteiger partial charge in [-0.25, -0.2) is 21.9 Å². The topological polar surface area (TPSA) is 97.8 Å². The number of sulfonamides is 1. The van der Waals surface area contributed by atoms with E-state index in [1.807, 2.05) is 0 Å². The maximum absolute atomic E-state index is 14.8. The summed E-state index contributed by atoms with van der Waals surface area (Å²) < 4.78 is 47.1. The van der Waals surface area contributed by atoms with Crippen LogP contribution in [0.4, 0.5) is 4.39 Å². The van der Waals surface area contributed by atoms with Crippen molar-refractivity contribution < 1.29 is 31.9 Å². The molecule has 2 aromatic rings. The molecule has 0 aromatic heterocycles. The minimum absolute atomic E-state index is 0.0899. The molecule has 31 heavy (non-hydrogen) atoms. The van der Waals surface area contributed by atoms with Gasteiger partial charge >= 0.3 is 5.97 Å². The van der Waals surface area contributed by atoms with Crippen LogP contribution in [0, 0.1) is 17.7 Å². The molecule has 0 aliphatic carbocycles. The maximum atomic E-state index is 14.8. The fourth-order valence-electron chi connectivity index (χ4n) is 4.58. The third-order valence-corrected chi connectivity index (χ3v) is 7.75. The predicted molar refractivity (Wildman–Crippen MR) is 107 cm³/mol. The predicted octanol–water partition coefficient (Wildman–Crippen LogP) is 2.65. The number of hydrogen-bond donors (Lipinski definition) is 0. The standard InChI is InChI=1S/C22H20FNO6S/c1-3-30-21(27)22-15-10-7-11-17(23)19(15)31(28,29)24(22)20(26)13(2)12-16(22)18(25)14-8-5-4-6-9-14/h4-11,13,16H,3,12H2,1-2H3/t13-,16-,22-/m1/s1. The molecule has 2 heterocycles. The van der Waals surface area contributed by atoms with Crippen LogP contribution in [-0.2, 0) is 29.9 Å². The molecule has 9 heteroatoms. The number of halogens is 1. The number of rotatable bonds is 4. The second-order valence-electron chi connectivity index (χ2n) is 7.63. The average molecular weight is 445 g/mol. The first kappa shape index (κ1) is 21.2. The van der Waals surface area contributed by atoms with E-state index in [0.29, 0.717) is 4.31 Å². The van der Waals surface area contributed by atoms with Gasteiger partial charge in [-0.15, -0.1) is 0 Å². The largest absolute Gasteiger partial charge is 0.464 e. The van der Waals surface area contributed by atoms with E-state index in [2.05, 4.69) is 0 Å². The van der Waals surface area contributed by atoms with Crippen LogP contribution in [0.5, 0.6) is 0 Å². The number of hydrogen-bond acceptors (Lipinski definition) is 6. The van der Waals surface area contributed by atoms with E-state index in [0.717, 1.165) is 6.07 Å². The molecule has 0 saturated carbocycles. The van der Waals surface area contributed by atoms with Crippen LogP contribution in [-0.4, -0.2) is 37.0 Å². The van der Waals surface area contributed by atoms with Crippen molar-refractivity contribution in [2.75, 3.05) is 6.61 Å². The third-order valence-electron chi connectivity index (χ3n) is 5.87. The Bertz CT molecular complexity index is 1200. The zero-order valence-electron chi connectivity index (χ0n) is 16.9. The number of nitrogens with zero attached hydrogens (tertiary/aromatic N) is 1. The lowest BCUT2D eigenvalue weighted by Crippen LogP contribution is -2.64. The van der Waals surface area contributed by atoms with Crippen molar-refractivity contribution in [3.05, 3.63) is 65.5 Å². The van der Waals surface area contributed by atoms with E-state index < -0.39 is 55.8 Å². The lowest BCUT2D eigenvalue weighted by Gasteiger charge is -2.45. The first-order chi connectivity index (χ1) is 14.7. The molecule has 1 saturated heterocycles. The second kappa shape index (κ2) is 7.26. The van der Waals surface area contributed by atoms with E-state index in [-0.39, 0.29) is 24.2 Å². The Kier molecular flexibility index (Phi) is 4.96. The van der Waals surface area contributed by atoms with Crippen LogP contribution in [0.25, 0.3) is 0 Å². The smallest absolute Gasteiger partial charge is 0.338 e. The van der Waals surface area contributed by atoms with E-state index in [1.54, 1.807) is 30.3 Å². The third kappa shape index (κ3) is 2.76. The highest BCUT2D eigenvalue weighted by Gasteiger charge is 2.70. The van der Waals surface area contributed by atoms with Gasteiger partial charge in [0.25, 0.3) is 10.0 Å². The van der Waals surface area contributed by atoms with Gasteiger partial charge in [0.2, 0.25) is 5.91 Å². The molecule has 1 fully saturated rings. The van der Waals surface area contributed by atoms with E-state index in [1.165, 1.54) is 26.0 Å². The normalized spacial score (nSPS) is 26.2. The molecule has 0 radical (unpaired) electrons. The zero-order chi connectivity index (χ0) is 22.6. The molecule has 0 unspecified atom stereocenters. The summed E-state index contributed by atoms with van der Waals surface area (Å²) in [6.45, 7) is 2.89. The van der Waals surface area contributed by atoms with Crippen molar-refractivity contribution in [3.63, 3.8) is 0 Å². The highest BCUT2D eigenvalue weighted by Crippen LogP contribution is 2.55. The van der Waals surface area contributed by atoms with Gasteiger partial charge in [-0.2, -0.15) is 0 Å². The SMILES string of the molecule is CCOC(=O)[C@]12c3cccc(F)c3S(=O)(=O)N1C(=O)[C@H](C)C[C@@H]2C(=O)c1ccccc1. The summed E-state index contributed by atoms with van der Waals surface area (Å²) in [5, 5.41) is 0. The van der Waals surface area contributed by atoms with Gasteiger partial charge in [-0.3, -0.25) is 9.59 Å². The minimum Gasteiger partial charge on any atom is -0.464 e. The Morgan fingerprint density at radius 2 is 1.84 bits per heavy atom. The number of carbonyl (C=O) groups excluding carboxylic acids is 3. The quantitative estimate of drug-likeness (QED) is 0.530. The number of carbonyl (C=O) groups is 3. The molecule has 162 valence electrons. The van der Waals surface area contributed by atoms with E-state index in [9.17, 15) is 27.2 Å². The lowest BCUT2D eigenvalue weighted by molar-refractivity contribution is -0.167. The first-order valence-electron chi connectivity index (χ1n) is 9.83. The van der Waals surface area contributed by atoms with E-state index in [4.69, 9.17) is 4.74 Å². The van der Waals surface area contributed by atoms with Gasteiger partial charge in [0.1, 0.15) is 10.7 Å². The Morgan fingerprint density at radius 3 is 2.48 bits per heavy atom. The van der Waals surface area contributed by atoms with Crippen LogP contribution in [0.1, 0.15) is 36.2 Å². The molecule has 7 nitrogen and oxygen atoms in total. The van der Waals surface area contributed by atoms with Crippen molar-refractivity contribution in [2.24, 2.45) is 11.8 Å². The number of ether oxygens (including phenoxy) is 1. The molecule has 2 aliphatic heterocycles. The monoisotopic (exact) mass is 445 g/mol. The number of Topliss-reactive ketones (excluding diaryl/α,β-unsaturated/α-hetero) is 1. The lowest BCUT2D eigenvalue weighted by atomic mass is 9.68. The van der Waals surface area contributed by atoms with Gasteiger partial charge in [0, 0.05) is 17.0 Å². The maximum Gasteiger partial charge on any atom is 0.338 e. The van der Waals surface area contributed by atoms with Gasteiger partial charge < -0.3 is 4.74 Å². The molecule has 0 spiro atoms. The van der Waals surface area contributed by atoms with Crippen LogP contribution in [0.2, 0.25) is 0 Å². The number of esters is 1. The molecule has 0 bridgehead atoms. The highest BCUT2D eigenvalue weighted by atomic mass is 32.2. The summed E-state index contributed by atoms with van der Waals surface area (Å²) >= 11 is 0. The summed E-state index contributed by atoms with van der Waals surface area (Å²) in [6.07, 6.45) is -0.0899. The highest BCUT2D eigenvalue weighted by molar-refractivity contribution is 7.90. The summed E-state index contributed by atoms with van der Waals surface area (Å²) in [7, 11) is -4.73. The van der Waals surface area contributed by atoms with Gasteiger partial charge in [-0.05, 0) is 19.4 Å². The molecule has 0 N–H and O–H groups in total. The van der Waals surface area contributed by atoms with Gasteiger partial charge in [-0.1, -0.05) is 49.4 Å². The summed E-state index contributed by atoms with van der Waals surface area (Å²) in [6, 6.07) is 11.5. The first-order valence-corrected chi connectivity index (χ1v) is 11.3. The van der Waals surface area contributed by atoms with Crippen molar-refractivity contribution in [2.45, 2.75) is 30.7 Å². The Balaban J connectivity index is 2.08. The van der Waals surface area contributed by atoms with Gasteiger partial charge in [0.05, 0.1) is 12.5 Å². The average Bonchev–Trinajstić information content (AvgIpc) is 2.97. The van der Waals surface area contributed by atoms with Crippen molar-refractivity contribution in [1.29, 1.82) is 0 Å². The van der Waals surface area contributed by atoms with E-state index >= 15 is 0 Å². The van der Waals surface area contributed by atoms with Gasteiger partial charge in [0.15, 0.2) is 11.3 Å². The fraction of sp³-hybridized carbons (Fsp3) is 0.318. The minimum atomic E-state index is -4.73. The molecule has 4 rings (SSSR count). The fourth-order valence-corrected chi connectivity index (χ4v) is 6.68. The molecule has 2 aromatic carbocycles. The Labute approximate surface area is 178 Å². The molecule has 2 aliphatic rings. The Morgan fingerprint density at radius 1 is 1.16 bits per heavy atom. The second-order valence-corrected chi connectivity index (χ2v) is 9.35. The van der Waals surface area contributed by atoms with Crippen molar-refractivity contribution >= 4 is 27.7 Å². The van der Waals surface area contributed by atoms with Crippen molar-refractivity contribution in [1.82, 2.24) is 4.31 Å². The van der Waals surface area contributed by atoms with Crippen LogP contribution >= 0.6 is 0 Å². The van der Waals surface area contributed by atoms with Crippen LogP contribution < -0.4 is 0 Å². The number of ketones is 1. The molecular weight excluding hydrogens is 425 g/mol. The number of fused-ring (bicyclic) bond motifs is 3. The van der Waals surface area contributed by atoms with Crippen LogP contribution in [0.3, 0.4) is 0 Å². The van der Waals surface area contributed by atoms with Crippen LogP contribution in [0.15, 0.2) is 53.4 Å². The summed E-state index contributed by atoms with van der Waals surface area (Å²) in [4.78, 5) is 39.3. The molecular formula is C22H20FNO6S. The summed E-state index contributed by atoms with van der Waals surface area (Å²) in [5.41, 5.74) is -2.30. The number of piperidine rings is 1. The number of amides is 1. The number of benzene rings is 2. The summed E-state index contributed by atoms with van der Waals surface area (Å²) in [5.74, 6) is -5.72.